The molecule has 0 aliphatic heterocycles. The van der Waals surface area contributed by atoms with E-state index in [2.05, 4.69) is 26.9 Å². The summed E-state index contributed by atoms with van der Waals surface area (Å²) in [5.74, 6) is 0.862. The number of nitrogens with zero attached hydrogens (tertiary/aromatic N) is 2. The smallest absolute Gasteiger partial charge is 0.276 e. The molecule has 0 bridgehead atoms. The van der Waals surface area contributed by atoms with Crippen LogP contribution in [0.3, 0.4) is 0 Å². The molecule has 0 amide bonds. The molecule has 2 N–H and O–H groups in total. The Morgan fingerprint density at radius 1 is 1.24 bits per heavy atom. The number of aromatic nitrogens is 4. The zero-order valence-electron chi connectivity index (χ0n) is 10.1. The number of hydrogen-bond donors (Lipinski definition) is 2. The molecule has 2 heterocycles. The van der Waals surface area contributed by atoms with Gasteiger partial charge in [0, 0.05) is 6.42 Å². The van der Waals surface area contributed by atoms with E-state index in [1.165, 1.54) is 32.0 Å². The molecule has 2 rings (SSSR count). The van der Waals surface area contributed by atoms with Crippen molar-refractivity contribution in [1.29, 1.82) is 0 Å². The average molecular weight is 234 g/mol. The molecule has 0 saturated heterocycles. The molecule has 5 nitrogen and oxygen atoms in total. The van der Waals surface area contributed by atoms with Crippen LogP contribution in [0.15, 0.2) is 11.1 Å². The summed E-state index contributed by atoms with van der Waals surface area (Å²) in [5.41, 5.74) is 0.841. The van der Waals surface area contributed by atoms with Gasteiger partial charge in [-0.15, -0.1) is 0 Å². The predicted octanol–water partition coefficient (Wildman–Crippen LogP) is 2.16. The van der Waals surface area contributed by atoms with Crippen molar-refractivity contribution in [2.24, 2.45) is 0 Å². The molecule has 0 unspecified atom stereocenters. The van der Waals surface area contributed by atoms with Gasteiger partial charge >= 0.3 is 0 Å². The van der Waals surface area contributed by atoms with Gasteiger partial charge in [-0.3, -0.25) is 4.79 Å². The third kappa shape index (κ3) is 2.93. The molecular weight excluding hydrogens is 216 g/mol. The molecule has 2 aromatic rings. The van der Waals surface area contributed by atoms with E-state index >= 15 is 0 Å². The molecule has 0 fully saturated rings. The number of fused-ring (bicyclic) bond motifs is 1. The Hall–Kier alpha value is -1.65. The minimum absolute atomic E-state index is 0.153. The molecule has 17 heavy (non-hydrogen) atoms. The van der Waals surface area contributed by atoms with Crippen LogP contribution in [0.2, 0.25) is 0 Å². The van der Waals surface area contributed by atoms with Gasteiger partial charge in [0.05, 0.1) is 6.33 Å². The van der Waals surface area contributed by atoms with Crippen LogP contribution in [0, 0.1) is 0 Å². The topological polar surface area (TPSA) is 74.4 Å². The summed E-state index contributed by atoms with van der Waals surface area (Å²) in [5, 5.41) is 0. The normalized spacial score (nSPS) is 11.1. The number of H-pyrrole nitrogens is 2. The fourth-order valence-corrected chi connectivity index (χ4v) is 1.90. The Balaban J connectivity index is 1.96. The van der Waals surface area contributed by atoms with Crippen molar-refractivity contribution < 1.29 is 0 Å². The largest absolute Gasteiger partial charge is 0.336 e. The van der Waals surface area contributed by atoms with Gasteiger partial charge in [0.25, 0.3) is 5.56 Å². The van der Waals surface area contributed by atoms with E-state index in [0.29, 0.717) is 11.2 Å². The summed E-state index contributed by atoms with van der Waals surface area (Å²) < 4.78 is 0. The lowest BCUT2D eigenvalue weighted by atomic mass is 10.1. The van der Waals surface area contributed by atoms with Gasteiger partial charge in [0.15, 0.2) is 11.2 Å². The second-order valence-corrected chi connectivity index (χ2v) is 4.28. The zero-order chi connectivity index (χ0) is 12.1. The summed E-state index contributed by atoms with van der Waals surface area (Å²) in [7, 11) is 0. The highest BCUT2D eigenvalue weighted by Crippen LogP contribution is 2.08. The maximum Gasteiger partial charge on any atom is 0.276 e. The summed E-state index contributed by atoms with van der Waals surface area (Å²) in [4.78, 5) is 25.3. The minimum atomic E-state index is -0.153. The van der Waals surface area contributed by atoms with E-state index in [4.69, 9.17) is 0 Å². The lowest BCUT2D eigenvalue weighted by molar-refractivity contribution is 0.625. The van der Waals surface area contributed by atoms with Gasteiger partial charge in [0.1, 0.15) is 5.82 Å². The molecule has 0 aliphatic rings. The van der Waals surface area contributed by atoms with Crippen molar-refractivity contribution in [2.45, 2.75) is 45.4 Å². The fraction of sp³-hybridized carbons (Fsp3) is 0.583. The standard InChI is InChI=1S/C12H18N4O/c1-2-3-4-5-6-7-9-15-10-11(16-9)13-8-14-12(10)17/h8H,2-7H2,1H3,(H2,13,14,15,16,17). The maximum absolute atomic E-state index is 11.4. The van der Waals surface area contributed by atoms with Crippen molar-refractivity contribution in [2.75, 3.05) is 0 Å². The van der Waals surface area contributed by atoms with E-state index in [1.807, 2.05) is 0 Å². The summed E-state index contributed by atoms with van der Waals surface area (Å²) in [6, 6.07) is 0. The molecule has 0 atom stereocenters. The van der Waals surface area contributed by atoms with Crippen molar-refractivity contribution in [3.8, 4) is 0 Å². The minimum Gasteiger partial charge on any atom is -0.336 e. The average Bonchev–Trinajstić information content (AvgIpc) is 2.73. The van der Waals surface area contributed by atoms with Crippen LogP contribution < -0.4 is 5.56 Å². The fourth-order valence-electron chi connectivity index (χ4n) is 1.90. The van der Waals surface area contributed by atoms with E-state index in [0.717, 1.165) is 18.7 Å². The number of aromatic amines is 2. The second kappa shape index (κ2) is 5.61. The van der Waals surface area contributed by atoms with Gasteiger partial charge < -0.3 is 9.97 Å². The highest BCUT2D eigenvalue weighted by atomic mass is 16.1. The number of hydrogen-bond acceptors (Lipinski definition) is 3. The van der Waals surface area contributed by atoms with Crippen LogP contribution >= 0.6 is 0 Å². The molecule has 0 aliphatic carbocycles. The van der Waals surface area contributed by atoms with Crippen LogP contribution in [-0.4, -0.2) is 19.9 Å². The van der Waals surface area contributed by atoms with Gasteiger partial charge in [-0.1, -0.05) is 32.6 Å². The number of nitrogens with one attached hydrogen (secondary N) is 2. The third-order valence-electron chi connectivity index (χ3n) is 2.86. The number of rotatable bonds is 6. The Kier molecular flexibility index (Phi) is 3.90. The lowest BCUT2D eigenvalue weighted by Crippen LogP contribution is -2.05. The molecule has 2 aromatic heterocycles. The molecule has 5 heteroatoms. The van der Waals surface area contributed by atoms with Crippen LogP contribution in [0.25, 0.3) is 11.2 Å². The lowest BCUT2D eigenvalue weighted by Gasteiger charge is -1.97. The maximum atomic E-state index is 11.4. The highest BCUT2D eigenvalue weighted by Gasteiger charge is 2.06. The number of aryl methyl sites for hydroxylation is 1. The molecule has 0 saturated carbocycles. The second-order valence-electron chi connectivity index (χ2n) is 4.28. The van der Waals surface area contributed by atoms with Crippen LogP contribution in [0.5, 0.6) is 0 Å². The van der Waals surface area contributed by atoms with Gasteiger partial charge in [-0.25, -0.2) is 9.97 Å². The SMILES string of the molecule is CCCCCCCc1nc2nc[nH]c(=O)c2[nH]1. The van der Waals surface area contributed by atoms with Gasteiger partial charge in [-0.2, -0.15) is 0 Å². The highest BCUT2D eigenvalue weighted by molar-refractivity contribution is 5.68. The first kappa shape index (κ1) is 11.8. The van der Waals surface area contributed by atoms with Crippen molar-refractivity contribution in [3.05, 3.63) is 22.5 Å². The molecule has 92 valence electrons. The van der Waals surface area contributed by atoms with E-state index < -0.39 is 0 Å². The summed E-state index contributed by atoms with van der Waals surface area (Å²) in [6.45, 7) is 2.21. The molecule has 0 spiro atoms. The first-order valence-corrected chi connectivity index (χ1v) is 6.23. The number of unbranched alkanes of at least 4 members (excludes halogenated alkanes) is 4. The molecular formula is C12H18N4O. The zero-order valence-corrected chi connectivity index (χ0v) is 10.1. The summed E-state index contributed by atoms with van der Waals surface area (Å²) >= 11 is 0. The summed E-state index contributed by atoms with van der Waals surface area (Å²) in [6.07, 6.45) is 8.42. The van der Waals surface area contributed by atoms with Crippen LogP contribution in [0.4, 0.5) is 0 Å². The van der Waals surface area contributed by atoms with Gasteiger partial charge in [-0.05, 0) is 6.42 Å². The van der Waals surface area contributed by atoms with Crippen molar-refractivity contribution >= 4 is 11.2 Å². The first-order chi connectivity index (χ1) is 8.31. The Morgan fingerprint density at radius 3 is 2.82 bits per heavy atom. The first-order valence-electron chi connectivity index (χ1n) is 6.23. The Morgan fingerprint density at radius 2 is 2.06 bits per heavy atom. The van der Waals surface area contributed by atoms with Gasteiger partial charge in [0.2, 0.25) is 0 Å². The Labute approximate surface area is 99.7 Å². The monoisotopic (exact) mass is 234 g/mol. The van der Waals surface area contributed by atoms with Crippen molar-refractivity contribution in [1.82, 2.24) is 19.9 Å². The molecule has 0 aromatic carbocycles. The van der Waals surface area contributed by atoms with E-state index in [-0.39, 0.29) is 5.56 Å². The molecule has 0 radical (unpaired) electrons. The van der Waals surface area contributed by atoms with Crippen molar-refractivity contribution in [3.63, 3.8) is 0 Å². The van der Waals surface area contributed by atoms with E-state index in [9.17, 15) is 4.79 Å². The third-order valence-corrected chi connectivity index (χ3v) is 2.86. The van der Waals surface area contributed by atoms with Crippen LogP contribution in [0.1, 0.15) is 44.9 Å². The quantitative estimate of drug-likeness (QED) is 0.752. The Bertz CT molecular complexity index is 529. The predicted molar refractivity (Wildman–Crippen MR) is 67.0 cm³/mol. The van der Waals surface area contributed by atoms with Crippen LogP contribution in [-0.2, 0) is 6.42 Å². The van der Waals surface area contributed by atoms with E-state index in [1.54, 1.807) is 0 Å². The number of imidazole rings is 1.